The van der Waals surface area contributed by atoms with Crippen molar-refractivity contribution in [2.75, 3.05) is 16.4 Å². The van der Waals surface area contributed by atoms with Gasteiger partial charge in [0.25, 0.3) is 5.91 Å². The van der Waals surface area contributed by atoms with Gasteiger partial charge in [0.05, 0.1) is 29.7 Å². The van der Waals surface area contributed by atoms with E-state index in [1.807, 2.05) is 0 Å². The maximum atomic E-state index is 14.7. The van der Waals surface area contributed by atoms with Crippen LogP contribution in [0.15, 0.2) is 51.9 Å². The Labute approximate surface area is 185 Å². The van der Waals surface area contributed by atoms with Crippen LogP contribution in [0.4, 0.5) is 10.1 Å². The van der Waals surface area contributed by atoms with Crippen molar-refractivity contribution in [3.63, 3.8) is 0 Å². The Hall–Kier alpha value is -1.42. The molecule has 2 unspecified atom stereocenters. The largest absolute Gasteiger partial charge is 0.313 e. The zero-order valence-electron chi connectivity index (χ0n) is 14.9. The number of nitrogens with zero attached hydrogens (tertiary/aromatic N) is 2. The molecule has 0 aromatic heterocycles. The van der Waals surface area contributed by atoms with Crippen LogP contribution in [0.3, 0.4) is 0 Å². The van der Waals surface area contributed by atoms with E-state index in [4.69, 9.17) is 11.6 Å². The SMILES string of the molecule is O=C(Cc1ccc(Cl)cc1)N=C1SC2CS(=O)(=O)CC2N1c1ccc(Br)cc1F. The number of anilines is 1. The molecule has 0 spiro atoms. The van der Waals surface area contributed by atoms with Gasteiger partial charge in [0.2, 0.25) is 0 Å². The molecule has 0 N–H and O–H groups in total. The van der Waals surface area contributed by atoms with Crippen LogP contribution >= 0.6 is 39.3 Å². The van der Waals surface area contributed by atoms with Crippen LogP contribution in [0, 0.1) is 5.82 Å². The number of sulfone groups is 1. The summed E-state index contributed by atoms with van der Waals surface area (Å²) in [5.41, 5.74) is 0.972. The normalized spacial score (nSPS) is 24.1. The fourth-order valence-corrected chi connectivity index (χ4v) is 7.83. The van der Waals surface area contributed by atoms with Gasteiger partial charge in [0.1, 0.15) is 5.82 Å². The van der Waals surface area contributed by atoms with Gasteiger partial charge in [-0.3, -0.25) is 4.79 Å². The molecule has 0 saturated carbocycles. The minimum absolute atomic E-state index is 0.0125. The van der Waals surface area contributed by atoms with E-state index in [1.165, 1.54) is 17.8 Å². The average molecular weight is 518 g/mol. The van der Waals surface area contributed by atoms with Crippen LogP contribution in [0.1, 0.15) is 5.56 Å². The van der Waals surface area contributed by atoms with Crippen LogP contribution in [0.5, 0.6) is 0 Å². The zero-order valence-corrected chi connectivity index (χ0v) is 18.9. The Balaban J connectivity index is 1.66. The van der Waals surface area contributed by atoms with Crippen LogP contribution in [-0.4, -0.2) is 42.3 Å². The molecule has 0 aliphatic carbocycles. The van der Waals surface area contributed by atoms with Gasteiger partial charge < -0.3 is 4.90 Å². The van der Waals surface area contributed by atoms with Crippen LogP contribution in [0.2, 0.25) is 5.02 Å². The predicted octanol–water partition coefficient (Wildman–Crippen LogP) is 4.09. The smallest absolute Gasteiger partial charge is 0.252 e. The highest BCUT2D eigenvalue weighted by molar-refractivity contribution is 9.10. The van der Waals surface area contributed by atoms with Gasteiger partial charge in [-0.15, -0.1) is 0 Å². The monoisotopic (exact) mass is 516 g/mol. The molecule has 2 fully saturated rings. The van der Waals surface area contributed by atoms with Crippen molar-refractivity contribution >= 4 is 65.9 Å². The molecule has 29 heavy (non-hydrogen) atoms. The lowest BCUT2D eigenvalue weighted by atomic mass is 10.1. The highest BCUT2D eigenvalue weighted by atomic mass is 79.9. The van der Waals surface area contributed by atoms with Crippen LogP contribution in [-0.2, 0) is 21.1 Å². The van der Waals surface area contributed by atoms with Crippen LogP contribution < -0.4 is 4.90 Å². The molecular formula is C19H15BrClFN2O3S2. The number of carbonyl (C=O) groups excluding carboxylic acids is 1. The van der Waals surface area contributed by atoms with Gasteiger partial charge in [-0.1, -0.05) is 51.4 Å². The van der Waals surface area contributed by atoms with E-state index in [0.29, 0.717) is 14.7 Å². The topological polar surface area (TPSA) is 66.8 Å². The number of amidine groups is 1. The van der Waals surface area contributed by atoms with E-state index in [2.05, 4.69) is 20.9 Å². The first-order valence-corrected chi connectivity index (χ1v) is 12.6. The second-order valence-corrected chi connectivity index (χ2v) is 11.6. The maximum Gasteiger partial charge on any atom is 0.252 e. The van der Waals surface area contributed by atoms with E-state index in [0.717, 1.165) is 5.56 Å². The molecule has 2 saturated heterocycles. The second kappa shape index (κ2) is 8.02. The standard InChI is InChI=1S/C19H15BrClFN2O3S2/c20-12-3-6-15(14(22)8-12)24-16-9-29(26,27)10-17(16)28-19(24)23-18(25)7-11-1-4-13(21)5-2-11/h1-6,8,16-17H,7,9-10H2. The van der Waals surface area contributed by atoms with Crippen molar-refractivity contribution in [1.29, 1.82) is 0 Å². The summed E-state index contributed by atoms with van der Waals surface area (Å²) in [4.78, 5) is 18.3. The van der Waals surface area contributed by atoms with Crippen LogP contribution in [0.25, 0.3) is 0 Å². The first kappa shape index (κ1) is 20.8. The van der Waals surface area contributed by atoms with Gasteiger partial charge in [0.15, 0.2) is 15.0 Å². The molecule has 2 aromatic rings. The summed E-state index contributed by atoms with van der Waals surface area (Å²) in [7, 11) is -3.22. The number of benzene rings is 2. The molecule has 2 aliphatic rings. The predicted molar refractivity (Wildman–Crippen MR) is 118 cm³/mol. The summed E-state index contributed by atoms with van der Waals surface area (Å²) < 4.78 is 39.4. The average Bonchev–Trinajstić information content (AvgIpc) is 3.08. The quantitative estimate of drug-likeness (QED) is 0.614. The first-order valence-electron chi connectivity index (χ1n) is 8.69. The number of hydrogen-bond donors (Lipinski definition) is 0. The Morgan fingerprint density at radius 1 is 1.24 bits per heavy atom. The zero-order chi connectivity index (χ0) is 20.8. The summed E-state index contributed by atoms with van der Waals surface area (Å²) in [6.07, 6.45) is 0.0749. The molecule has 10 heteroatoms. The van der Waals surface area contributed by atoms with Crippen molar-refractivity contribution < 1.29 is 17.6 Å². The lowest BCUT2D eigenvalue weighted by Crippen LogP contribution is -2.38. The molecule has 4 rings (SSSR count). The van der Waals surface area contributed by atoms with Gasteiger partial charge in [-0.25, -0.2) is 12.8 Å². The molecule has 2 atom stereocenters. The minimum Gasteiger partial charge on any atom is -0.313 e. The number of rotatable bonds is 3. The third-order valence-electron chi connectivity index (χ3n) is 4.72. The van der Waals surface area contributed by atoms with Gasteiger partial charge >= 0.3 is 0 Å². The number of halogens is 3. The second-order valence-electron chi connectivity index (χ2n) is 6.86. The summed E-state index contributed by atoms with van der Waals surface area (Å²) in [6, 6.07) is 11.0. The molecule has 0 bridgehead atoms. The Morgan fingerprint density at radius 3 is 2.66 bits per heavy atom. The van der Waals surface area contributed by atoms with E-state index in [1.54, 1.807) is 41.3 Å². The number of aliphatic imine (C=N–C) groups is 1. The molecule has 2 heterocycles. The highest BCUT2D eigenvalue weighted by Gasteiger charge is 2.50. The first-order chi connectivity index (χ1) is 13.7. The van der Waals surface area contributed by atoms with E-state index >= 15 is 0 Å². The fourth-order valence-electron chi connectivity index (χ4n) is 3.45. The molecule has 152 valence electrons. The lowest BCUT2D eigenvalue weighted by Gasteiger charge is -2.25. The molecule has 5 nitrogen and oxygen atoms in total. The van der Waals surface area contributed by atoms with Gasteiger partial charge in [0, 0.05) is 14.7 Å². The summed E-state index contributed by atoms with van der Waals surface area (Å²) in [6.45, 7) is 0. The van der Waals surface area contributed by atoms with Crippen molar-refractivity contribution in [1.82, 2.24) is 0 Å². The highest BCUT2D eigenvalue weighted by Crippen LogP contribution is 2.42. The van der Waals surface area contributed by atoms with Crippen molar-refractivity contribution in [3.8, 4) is 0 Å². The molecular weight excluding hydrogens is 503 g/mol. The van der Waals surface area contributed by atoms with E-state index < -0.39 is 21.7 Å². The lowest BCUT2D eigenvalue weighted by molar-refractivity contribution is -0.117. The summed E-state index contributed by atoms with van der Waals surface area (Å²) in [5, 5.41) is 0.616. The molecule has 1 amide bonds. The minimum atomic E-state index is -3.22. The van der Waals surface area contributed by atoms with Gasteiger partial charge in [-0.05, 0) is 35.9 Å². The van der Waals surface area contributed by atoms with Crippen molar-refractivity contribution in [2.24, 2.45) is 4.99 Å². The summed E-state index contributed by atoms with van der Waals surface area (Å²) in [5.74, 6) is -1.01. The number of hydrogen-bond acceptors (Lipinski definition) is 4. The molecule has 2 aromatic carbocycles. The number of fused-ring (bicyclic) bond motifs is 1. The van der Waals surface area contributed by atoms with E-state index in [9.17, 15) is 17.6 Å². The maximum absolute atomic E-state index is 14.7. The Bertz CT molecular complexity index is 1110. The van der Waals surface area contributed by atoms with Crippen molar-refractivity contribution in [2.45, 2.75) is 17.7 Å². The number of thioether (sulfide) groups is 1. The molecule has 2 aliphatic heterocycles. The van der Waals surface area contributed by atoms with Gasteiger partial charge in [-0.2, -0.15) is 4.99 Å². The molecule has 0 radical (unpaired) electrons. The fraction of sp³-hybridized carbons (Fsp3) is 0.263. The number of carbonyl (C=O) groups is 1. The van der Waals surface area contributed by atoms with E-state index in [-0.39, 0.29) is 34.8 Å². The number of amides is 1. The third-order valence-corrected chi connectivity index (χ3v) is 8.68. The van der Waals surface area contributed by atoms with Crippen molar-refractivity contribution in [3.05, 3.63) is 63.3 Å². The third kappa shape index (κ3) is 4.52. The Kier molecular flexibility index (Phi) is 5.76. The summed E-state index contributed by atoms with van der Waals surface area (Å²) >= 11 is 10.3. The Morgan fingerprint density at radius 2 is 1.97 bits per heavy atom.